The summed E-state index contributed by atoms with van der Waals surface area (Å²) in [5, 5.41) is 3.83. The van der Waals surface area contributed by atoms with Crippen molar-refractivity contribution in [2.75, 3.05) is 27.7 Å². The molecule has 2 rings (SSSR count). The second kappa shape index (κ2) is 6.36. The molecule has 0 aromatic rings. The molecular formula is C15H30N2O. The molecule has 0 radical (unpaired) electrons. The smallest absolute Gasteiger partial charge is 0.0586 e. The van der Waals surface area contributed by atoms with Crippen LogP contribution in [0.1, 0.15) is 51.4 Å². The second-order valence-electron chi connectivity index (χ2n) is 6.43. The average molecular weight is 254 g/mol. The van der Waals surface area contributed by atoms with Crippen LogP contribution in [0.25, 0.3) is 0 Å². The summed E-state index contributed by atoms with van der Waals surface area (Å²) >= 11 is 0. The van der Waals surface area contributed by atoms with E-state index in [1.54, 1.807) is 0 Å². The van der Waals surface area contributed by atoms with Crippen molar-refractivity contribution >= 4 is 0 Å². The fourth-order valence-corrected chi connectivity index (χ4v) is 3.69. The van der Waals surface area contributed by atoms with Crippen LogP contribution in [0, 0.1) is 0 Å². The highest BCUT2D eigenvalue weighted by atomic mass is 16.5. The Morgan fingerprint density at radius 1 is 1.17 bits per heavy atom. The molecule has 0 bridgehead atoms. The van der Waals surface area contributed by atoms with Gasteiger partial charge in [-0.3, -0.25) is 0 Å². The number of ether oxygens (including phenoxy) is 1. The summed E-state index contributed by atoms with van der Waals surface area (Å²) in [6, 6.07) is 0.668. The molecule has 0 heterocycles. The van der Waals surface area contributed by atoms with E-state index in [9.17, 15) is 0 Å². The molecule has 0 amide bonds. The predicted octanol–water partition coefficient (Wildman–Crippen LogP) is 2.41. The van der Waals surface area contributed by atoms with Crippen molar-refractivity contribution in [1.82, 2.24) is 10.2 Å². The maximum Gasteiger partial charge on any atom is 0.0586 e. The van der Waals surface area contributed by atoms with E-state index in [4.69, 9.17) is 4.74 Å². The molecule has 0 aromatic heterocycles. The lowest BCUT2D eigenvalue weighted by molar-refractivity contribution is 0.0545. The lowest BCUT2D eigenvalue weighted by Gasteiger charge is -2.39. The molecule has 0 spiro atoms. The van der Waals surface area contributed by atoms with E-state index in [2.05, 4.69) is 24.3 Å². The maximum absolute atomic E-state index is 5.52. The van der Waals surface area contributed by atoms with Gasteiger partial charge < -0.3 is 15.0 Å². The molecule has 2 unspecified atom stereocenters. The molecular weight excluding hydrogens is 224 g/mol. The third-order valence-electron chi connectivity index (χ3n) is 5.16. The van der Waals surface area contributed by atoms with E-state index in [-0.39, 0.29) is 0 Å². The lowest BCUT2D eigenvalue weighted by atomic mass is 9.90. The summed E-state index contributed by atoms with van der Waals surface area (Å²) in [6.07, 6.45) is 11.1. The third kappa shape index (κ3) is 3.25. The molecule has 2 fully saturated rings. The standard InChI is InChI=1S/C15H30N2O/c1-17(2)15(9-4-5-10-15)12-16-13-7-6-8-14(11-13)18-3/h13-14,16H,4-12H2,1-3H3. The van der Waals surface area contributed by atoms with E-state index in [0.29, 0.717) is 17.7 Å². The number of rotatable bonds is 5. The zero-order valence-corrected chi connectivity index (χ0v) is 12.4. The Morgan fingerprint density at radius 3 is 2.50 bits per heavy atom. The summed E-state index contributed by atoms with van der Waals surface area (Å²) < 4.78 is 5.52. The van der Waals surface area contributed by atoms with Crippen LogP contribution in [-0.4, -0.2) is 50.3 Å². The molecule has 0 aromatic carbocycles. The van der Waals surface area contributed by atoms with Crippen LogP contribution in [0.15, 0.2) is 0 Å². The lowest BCUT2D eigenvalue weighted by Crippen LogP contribution is -2.52. The van der Waals surface area contributed by atoms with Crippen LogP contribution < -0.4 is 5.32 Å². The van der Waals surface area contributed by atoms with E-state index >= 15 is 0 Å². The number of nitrogens with zero attached hydrogens (tertiary/aromatic N) is 1. The summed E-state index contributed by atoms with van der Waals surface area (Å²) in [5.41, 5.74) is 0.417. The first-order valence-corrected chi connectivity index (χ1v) is 7.60. The molecule has 3 heteroatoms. The molecule has 2 saturated carbocycles. The third-order valence-corrected chi connectivity index (χ3v) is 5.16. The molecule has 2 aliphatic rings. The Bertz CT molecular complexity index is 249. The Balaban J connectivity index is 1.82. The number of hydrogen-bond acceptors (Lipinski definition) is 3. The van der Waals surface area contributed by atoms with Gasteiger partial charge in [0.2, 0.25) is 0 Å². The van der Waals surface area contributed by atoms with Gasteiger partial charge in [0, 0.05) is 25.2 Å². The average Bonchev–Trinajstić information content (AvgIpc) is 2.87. The fraction of sp³-hybridized carbons (Fsp3) is 1.00. The highest BCUT2D eigenvalue weighted by Crippen LogP contribution is 2.33. The van der Waals surface area contributed by atoms with Crippen molar-refractivity contribution in [2.24, 2.45) is 0 Å². The van der Waals surface area contributed by atoms with Crippen LogP contribution in [0.3, 0.4) is 0 Å². The predicted molar refractivity (Wildman–Crippen MR) is 75.9 cm³/mol. The maximum atomic E-state index is 5.52. The van der Waals surface area contributed by atoms with Crippen molar-refractivity contribution < 1.29 is 4.74 Å². The SMILES string of the molecule is COC1CCCC(NCC2(N(C)C)CCCC2)C1. The van der Waals surface area contributed by atoms with Gasteiger partial charge in [0.15, 0.2) is 0 Å². The zero-order chi connectivity index (χ0) is 13.0. The summed E-state index contributed by atoms with van der Waals surface area (Å²) in [7, 11) is 6.34. The van der Waals surface area contributed by atoms with Crippen molar-refractivity contribution in [3.63, 3.8) is 0 Å². The topological polar surface area (TPSA) is 24.5 Å². The Labute approximate surface area is 112 Å². The van der Waals surface area contributed by atoms with Crippen LogP contribution in [0.4, 0.5) is 0 Å². The van der Waals surface area contributed by atoms with Crippen molar-refractivity contribution in [2.45, 2.75) is 69.1 Å². The Kier molecular flexibility index (Phi) is 5.05. The zero-order valence-electron chi connectivity index (χ0n) is 12.4. The molecule has 0 aliphatic heterocycles. The largest absolute Gasteiger partial charge is 0.381 e. The van der Waals surface area contributed by atoms with E-state index in [0.717, 1.165) is 6.54 Å². The van der Waals surface area contributed by atoms with Gasteiger partial charge in [-0.1, -0.05) is 12.8 Å². The van der Waals surface area contributed by atoms with Crippen LogP contribution >= 0.6 is 0 Å². The quantitative estimate of drug-likeness (QED) is 0.815. The van der Waals surface area contributed by atoms with E-state index in [1.165, 1.54) is 51.4 Å². The van der Waals surface area contributed by atoms with Gasteiger partial charge in [0.05, 0.1) is 6.10 Å². The van der Waals surface area contributed by atoms with E-state index in [1.807, 2.05) is 7.11 Å². The first-order chi connectivity index (χ1) is 8.66. The van der Waals surface area contributed by atoms with Crippen molar-refractivity contribution in [3.8, 4) is 0 Å². The monoisotopic (exact) mass is 254 g/mol. The highest BCUT2D eigenvalue weighted by Gasteiger charge is 2.36. The van der Waals surface area contributed by atoms with Crippen molar-refractivity contribution in [1.29, 1.82) is 0 Å². The van der Waals surface area contributed by atoms with Gasteiger partial charge in [-0.25, -0.2) is 0 Å². The van der Waals surface area contributed by atoms with Gasteiger partial charge in [-0.2, -0.15) is 0 Å². The number of likely N-dealkylation sites (N-methyl/N-ethyl adjacent to an activating group) is 1. The number of hydrogen-bond donors (Lipinski definition) is 1. The van der Waals surface area contributed by atoms with E-state index < -0.39 is 0 Å². The summed E-state index contributed by atoms with van der Waals surface area (Å²) in [6.45, 7) is 1.15. The van der Waals surface area contributed by atoms with Crippen molar-refractivity contribution in [3.05, 3.63) is 0 Å². The summed E-state index contributed by atoms with van der Waals surface area (Å²) in [4.78, 5) is 2.45. The van der Waals surface area contributed by atoms with Gasteiger partial charge >= 0.3 is 0 Å². The Morgan fingerprint density at radius 2 is 1.89 bits per heavy atom. The van der Waals surface area contributed by atoms with Gasteiger partial charge in [-0.15, -0.1) is 0 Å². The minimum Gasteiger partial charge on any atom is -0.381 e. The highest BCUT2D eigenvalue weighted by molar-refractivity contribution is 4.95. The Hall–Kier alpha value is -0.120. The van der Waals surface area contributed by atoms with Gasteiger partial charge in [0.1, 0.15) is 0 Å². The number of nitrogens with one attached hydrogen (secondary N) is 1. The molecule has 2 atom stereocenters. The summed E-state index contributed by atoms with van der Waals surface area (Å²) in [5.74, 6) is 0. The number of methoxy groups -OCH3 is 1. The fourth-order valence-electron chi connectivity index (χ4n) is 3.69. The minimum atomic E-state index is 0.417. The normalized spacial score (nSPS) is 32.0. The first-order valence-electron chi connectivity index (χ1n) is 7.60. The molecule has 106 valence electrons. The minimum absolute atomic E-state index is 0.417. The van der Waals surface area contributed by atoms with Crippen LogP contribution in [0.2, 0.25) is 0 Å². The second-order valence-corrected chi connectivity index (χ2v) is 6.43. The molecule has 18 heavy (non-hydrogen) atoms. The molecule has 1 N–H and O–H groups in total. The van der Waals surface area contributed by atoms with Crippen LogP contribution in [-0.2, 0) is 4.74 Å². The first kappa shape index (κ1) is 14.3. The molecule has 3 nitrogen and oxygen atoms in total. The molecule has 2 aliphatic carbocycles. The van der Waals surface area contributed by atoms with Crippen LogP contribution in [0.5, 0.6) is 0 Å². The van der Waals surface area contributed by atoms with Gasteiger partial charge in [0.25, 0.3) is 0 Å². The molecule has 0 saturated heterocycles. The van der Waals surface area contributed by atoms with Gasteiger partial charge in [-0.05, 0) is 52.6 Å².